The first-order chi connectivity index (χ1) is 14.1. The lowest BCUT2D eigenvalue weighted by atomic mass is 9.97. The Labute approximate surface area is 175 Å². The molecular formula is C22H28F3N3O2. The first-order valence-electron chi connectivity index (χ1n) is 9.66. The molecule has 5 nitrogen and oxygen atoms in total. The van der Waals surface area contributed by atoms with Crippen LogP contribution in [0.1, 0.15) is 52.3 Å². The van der Waals surface area contributed by atoms with E-state index in [-0.39, 0.29) is 12.1 Å². The van der Waals surface area contributed by atoms with Gasteiger partial charge in [-0.3, -0.25) is 9.78 Å². The van der Waals surface area contributed by atoms with Gasteiger partial charge in [0.1, 0.15) is 5.60 Å². The summed E-state index contributed by atoms with van der Waals surface area (Å²) in [5.41, 5.74) is -2.96. The van der Waals surface area contributed by atoms with Crippen molar-refractivity contribution in [2.75, 3.05) is 5.32 Å². The van der Waals surface area contributed by atoms with Crippen LogP contribution in [-0.2, 0) is 17.4 Å². The highest BCUT2D eigenvalue weighted by atomic mass is 19.4. The van der Waals surface area contributed by atoms with E-state index in [1.807, 2.05) is 27.7 Å². The van der Waals surface area contributed by atoms with Gasteiger partial charge >= 0.3 is 6.18 Å². The third-order valence-electron chi connectivity index (χ3n) is 3.76. The van der Waals surface area contributed by atoms with Crippen molar-refractivity contribution in [1.82, 2.24) is 4.98 Å². The molecular weight excluding hydrogens is 395 g/mol. The number of halogens is 3. The topological polar surface area (TPSA) is 66.6 Å². The van der Waals surface area contributed by atoms with Gasteiger partial charge in [-0.1, -0.05) is 39.8 Å². The summed E-state index contributed by atoms with van der Waals surface area (Å²) in [7, 11) is 0. The van der Waals surface area contributed by atoms with E-state index in [0.29, 0.717) is 18.2 Å². The number of pyridine rings is 1. The number of aliphatic hydroxyl groups is 1. The molecule has 0 aliphatic carbocycles. The minimum Gasteiger partial charge on any atom is -0.380 e. The third-order valence-corrected chi connectivity index (χ3v) is 3.76. The summed E-state index contributed by atoms with van der Waals surface area (Å²) in [6, 6.07) is 8.10. The molecule has 1 aromatic heterocycles. The van der Waals surface area contributed by atoms with Crippen LogP contribution in [0.4, 0.5) is 24.5 Å². The standard InChI is InChI=1S/C18H16F3N3O2.2C2H6/c1-17(26,9-8-12-5-3-4-10-23-12)16(25)24-13-6-7-15(22-2)14(11-13)18(19,20)21;2*1-2/h3-7,10-11,26H,8-9H2,1H3,(H,24,25);2*1-2H3/t17-;;/m0../s1. The number of hydrogen-bond donors (Lipinski definition) is 2. The molecule has 1 heterocycles. The van der Waals surface area contributed by atoms with Crippen LogP contribution < -0.4 is 5.32 Å². The van der Waals surface area contributed by atoms with E-state index in [2.05, 4.69) is 15.1 Å². The predicted molar refractivity (Wildman–Crippen MR) is 112 cm³/mol. The minimum absolute atomic E-state index is 0.0438. The number of aryl methyl sites for hydroxylation is 1. The van der Waals surface area contributed by atoms with Gasteiger partial charge in [-0.05, 0) is 44.0 Å². The number of amides is 1. The van der Waals surface area contributed by atoms with Crippen LogP contribution in [0.25, 0.3) is 4.85 Å². The monoisotopic (exact) mass is 423 g/mol. The van der Waals surface area contributed by atoms with Gasteiger partial charge in [0.25, 0.3) is 5.91 Å². The summed E-state index contributed by atoms with van der Waals surface area (Å²) in [5.74, 6) is -0.836. The molecule has 0 spiro atoms. The van der Waals surface area contributed by atoms with Crippen LogP contribution in [0, 0.1) is 6.57 Å². The number of carbonyl (C=O) groups excluding carboxylic acids is 1. The summed E-state index contributed by atoms with van der Waals surface area (Å²) in [6.45, 7) is 16.1. The van der Waals surface area contributed by atoms with Crippen molar-refractivity contribution >= 4 is 17.3 Å². The molecule has 2 aromatic rings. The molecule has 164 valence electrons. The van der Waals surface area contributed by atoms with Gasteiger partial charge in [-0.2, -0.15) is 13.2 Å². The maximum atomic E-state index is 13.0. The average molecular weight is 423 g/mol. The molecule has 1 amide bonds. The largest absolute Gasteiger partial charge is 0.407 e. The lowest BCUT2D eigenvalue weighted by Gasteiger charge is -2.22. The van der Waals surface area contributed by atoms with E-state index in [0.717, 1.165) is 6.07 Å². The second-order valence-corrected chi connectivity index (χ2v) is 5.89. The molecule has 0 aliphatic rings. The fraction of sp³-hybridized carbons (Fsp3) is 0.409. The predicted octanol–water partition coefficient (Wildman–Crippen LogP) is 6.03. The lowest BCUT2D eigenvalue weighted by molar-refractivity contribution is -0.137. The number of rotatable bonds is 5. The number of anilines is 1. The zero-order valence-electron chi connectivity index (χ0n) is 17.8. The molecule has 30 heavy (non-hydrogen) atoms. The first-order valence-corrected chi connectivity index (χ1v) is 9.66. The summed E-state index contributed by atoms with van der Waals surface area (Å²) < 4.78 is 38.9. The van der Waals surface area contributed by atoms with Crippen LogP contribution in [0.5, 0.6) is 0 Å². The van der Waals surface area contributed by atoms with Gasteiger partial charge in [0.05, 0.1) is 12.1 Å². The van der Waals surface area contributed by atoms with Crippen LogP contribution in [-0.4, -0.2) is 21.6 Å². The van der Waals surface area contributed by atoms with Crippen LogP contribution in [0.2, 0.25) is 0 Å². The zero-order valence-corrected chi connectivity index (χ0v) is 17.8. The van der Waals surface area contributed by atoms with Gasteiger partial charge in [0.15, 0.2) is 5.69 Å². The van der Waals surface area contributed by atoms with Gasteiger partial charge in [-0.25, -0.2) is 4.85 Å². The number of benzene rings is 1. The van der Waals surface area contributed by atoms with Gasteiger partial charge in [0.2, 0.25) is 0 Å². The number of alkyl halides is 3. The van der Waals surface area contributed by atoms with E-state index in [9.17, 15) is 23.1 Å². The Bertz CT molecular complexity index is 830. The molecule has 0 saturated carbocycles. The summed E-state index contributed by atoms with van der Waals surface area (Å²) >= 11 is 0. The van der Waals surface area contributed by atoms with Crippen LogP contribution >= 0.6 is 0 Å². The molecule has 0 bridgehead atoms. The molecule has 0 saturated heterocycles. The number of hydrogen-bond acceptors (Lipinski definition) is 3. The Morgan fingerprint density at radius 1 is 1.17 bits per heavy atom. The highest BCUT2D eigenvalue weighted by Crippen LogP contribution is 2.38. The van der Waals surface area contributed by atoms with Crippen molar-refractivity contribution in [2.24, 2.45) is 0 Å². The van der Waals surface area contributed by atoms with Crippen molar-refractivity contribution < 1.29 is 23.1 Å². The molecule has 8 heteroatoms. The Morgan fingerprint density at radius 2 is 1.80 bits per heavy atom. The van der Waals surface area contributed by atoms with Gasteiger partial charge < -0.3 is 10.4 Å². The molecule has 0 aliphatic heterocycles. The van der Waals surface area contributed by atoms with Crippen molar-refractivity contribution in [3.05, 3.63) is 65.3 Å². The minimum atomic E-state index is -4.72. The summed E-state index contributed by atoms with van der Waals surface area (Å²) in [5, 5.41) is 12.6. The fourth-order valence-electron chi connectivity index (χ4n) is 2.24. The second kappa shape index (κ2) is 12.6. The first kappa shape index (κ1) is 27.1. The molecule has 1 aromatic carbocycles. The summed E-state index contributed by atoms with van der Waals surface area (Å²) in [4.78, 5) is 19.2. The van der Waals surface area contributed by atoms with E-state index in [4.69, 9.17) is 6.57 Å². The highest BCUT2D eigenvalue weighted by Gasteiger charge is 2.35. The number of nitrogens with one attached hydrogen (secondary N) is 1. The Balaban J connectivity index is 0.00000198. The smallest absolute Gasteiger partial charge is 0.380 e. The molecule has 0 unspecified atom stereocenters. The quantitative estimate of drug-likeness (QED) is 0.578. The molecule has 1 atom stereocenters. The molecule has 0 radical (unpaired) electrons. The molecule has 0 fully saturated rings. The van der Waals surface area contributed by atoms with Crippen molar-refractivity contribution in [2.45, 2.75) is 59.2 Å². The number of nitrogens with zero attached hydrogens (tertiary/aromatic N) is 2. The van der Waals surface area contributed by atoms with E-state index < -0.39 is 28.9 Å². The second-order valence-electron chi connectivity index (χ2n) is 5.89. The van der Waals surface area contributed by atoms with E-state index in [1.54, 1.807) is 24.4 Å². The van der Waals surface area contributed by atoms with E-state index >= 15 is 0 Å². The Kier molecular flexibility index (Phi) is 11.4. The van der Waals surface area contributed by atoms with E-state index in [1.165, 1.54) is 13.0 Å². The maximum Gasteiger partial charge on any atom is 0.407 e. The molecule has 2 rings (SSSR count). The summed E-state index contributed by atoms with van der Waals surface area (Å²) in [6.07, 6.45) is -2.77. The van der Waals surface area contributed by atoms with Gasteiger partial charge in [-0.15, -0.1) is 0 Å². The SMILES string of the molecule is CC.CC.[C-]#[N+]c1ccc(NC(=O)[C@@](C)(O)CCc2ccccn2)cc1C(F)(F)F. The fourth-order valence-corrected chi connectivity index (χ4v) is 2.24. The Morgan fingerprint density at radius 3 is 2.30 bits per heavy atom. The maximum absolute atomic E-state index is 13.0. The van der Waals surface area contributed by atoms with Crippen molar-refractivity contribution in [1.29, 1.82) is 0 Å². The van der Waals surface area contributed by atoms with Crippen molar-refractivity contribution in [3.8, 4) is 0 Å². The Hall–Kier alpha value is -2.92. The van der Waals surface area contributed by atoms with Gasteiger partial charge in [0, 0.05) is 17.6 Å². The average Bonchev–Trinajstić information content (AvgIpc) is 2.75. The lowest BCUT2D eigenvalue weighted by Crippen LogP contribution is -2.40. The third kappa shape index (κ3) is 8.21. The zero-order chi connectivity index (χ0) is 23.4. The number of carbonyl (C=O) groups is 1. The highest BCUT2D eigenvalue weighted by molar-refractivity contribution is 5.97. The van der Waals surface area contributed by atoms with Crippen LogP contribution in [0.3, 0.4) is 0 Å². The van der Waals surface area contributed by atoms with Crippen LogP contribution in [0.15, 0.2) is 42.6 Å². The number of aromatic nitrogens is 1. The normalized spacial score (nSPS) is 12.1. The van der Waals surface area contributed by atoms with Crippen molar-refractivity contribution in [3.63, 3.8) is 0 Å². The molecule has 2 N–H and O–H groups in total.